The monoisotopic (exact) mass is 446 g/mol. The van der Waals surface area contributed by atoms with Gasteiger partial charge in [-0.3, -0.25) is 14.4 Å². The maximum atomic E-state index is 13.3. The maximum absolute atomic E-state index is 13.3. The zero-order valence-corrected chi connectivity index (χ0v) is 19.3. The molecular formula is C25H31ClO5. The number of aliphatic hydroxyl groups excluding tert-OH is 1. The Labute approximate surface area is 188 Å². The Kier molecular flexibility index (Phi) is 5.37. The van der Waals surface area contributed by atoms with E-state index in [9.17, 15) is 19.5 Å². The van der Waals surface area contributed by atoms with Gasteiger partial charge in [-0.15, -0.1) is 11.6 Å². The van der Waals surface area contributed by atoms with Crippen LogP contribution in [0.5, 0.6) is 0 Å². The smallest absolute Gasteiger partial charge is 0.306 e. The van der Waals surface area contributed by atoms with Crippen molar-refractivity contribution in [2.45, 2.75) is 58.7 Å². The number of halogens is 1. The van der Waals surface area contributed by atoms with Gasteiger partial charge in [0.05, 0.1) is 12.0 Å². The normalized spacial score (nSPS) is 45.4. The molecule has 0 aromatic heterocycles. The molecule has 168 valence electrons. The number of hydrogen-bond acceptors (Lipinski definition) is 5. The molecule has 0 bridgehead atoms. The lowest BCUT2D eigenvalue weighted by molar-refractivity contribution is -0.199. The summed E-state index contributed by atoms with van der Waals surface area (Å²) < 4.78 is 5.98. The van der Waals surface area contributed by atoms with Gasteiger partial charge in [0.15, 0.2) is 17.2 Å². The minimum atomic E-state index is -1.35. The highest BCUT2D eigenvalue weighted by Crippen LogP contribution is 2.68. The number of hydrogen-bond donors (Lipinski definition) is 1. The summed E-state index contributed by atoms with van der Waals surface area (Å²) in [7, 11) is 0. The molecule has 4 rings (SSSR count). The predicted molar refractivity (Wildman–Crippen MR) is 117 cm³/mol. The van der Waals surface area contributed by atoms with Gasteiger partial charge in [-0.05, 0) is 42.4 Å². The molecule has 0 saturated heterocycles. The zero-order chi connectivity index (χ0) is 22.8. The summed E-state index contributed by atoms with van der Waals surface area (Å²) in [5.41, 5.74) is -1.63. The van der Waals surface area contributed by atoms with Crippen LogP contribution in [-0.2, 0) is 19.1 Å². The Morgan fingerprint density at radius 1 is 1.29 bits per heavy atom. The van der Waals surface area contributed by atoms with Gasteiger partial charge >= 0.3 is 5.97 Å². The SMILES string of the molecule is CCC(=O)O[C@]1(C(=O)CCl)C(C)C[C@H]2[C@@H]3C=CC4=CC(=O)C=C[C@]4(C)[C@H]3C(O)C[C@@]21C. The van der Waals surface area contributed by atoms with Crippen molar-refractivity contribution in [3.63, 3.8) is 0 Å². The Hall–Kier alpha value is -1.72. The van der Waals surface area contributed by atoms with Gasteiger partial charge < -0.3 is 9.84 Å². The van der Waals surface area contributed by atoms with Crippen LogP contribution in [0, 0.1) is 34.5 Å². The molecule has 4 aliphatic carbocycles. The fraction of sp³-hybridized carbons (Fsp3) is 0.640. The maximum Gasteiger partial charge on any atom is 0.306 e. The molecule has 4 aliphatic rings. The van der Waals surface area contributed by atoms with Crippen LogP contribution in [0.25, 0.3) is 0 Å². The number of ether oxygens (including phenoxy) is 1. The van der Waals surface area contributed by atoms with Crippen LogP contribution in [0.3, 0.4) is 0 Å². The number of Topliss-reactive ketones (excluding diaryl/α,β-unsaturated/α-hetero) is 1. The van der Waals surface area contributed by atoms with Crippen LogP contribution in [0.1, 0.15) is 47.0 Å². The molecule has 1 N–H and O–H groups in total. The first-order chi connectivity index (χ1) is 14.5. The number of alkyl halides is 1. The summed E-state index contributed by atoms with van der Waals surface area (Å²) in [4.78, 5) is 37.7. The summed E-state index contributed by atoms with van der Waals surface area (Å²) in [6, 6.07) is 0. The third-order valence-corrected chi connectivity index (χ3v) is 8.94. The number of carbonyl (C=O) groups excluding carboxylic acids is 3. The van der Waals surface area contributed by atoms with Gasteiger partial charge in [0.1, 0.15) is 0 Å². The Morgan fingerprint density at radius 2 is 2.00 bits per heavy atom. The van der Waals surface area contributed by atoms with E-state index in [4.69, 9.17) is 16.3 Å². The predicted octanol–water partition coefficient (Wildman–Crippen LogP) is 3.79. The summed E-state index contributed by atoms with van der Waals surface area (Å²) in [5, 5.41) is 11.5. The molecule has 2 fully saturated rings. The molecular weight excluding hydrogens is 416 g/mol. The van der Waals surface area contributed by atoms with Crippen molar-refractivity contribution in [2.24, 2.45) is 34.5 Å². The lowest BCUT2D eigenvalue weighted by atomic mass is 9.47. The molecule has 0 heterocycles. The average Bonchev–Trinajstić information content (AvgIpc) is 2.94. The van der Waals surface area contributed by atoms with Gasteiger partial charge in [-0.25, -0.2) is 0 Å². The highest BCUT2D eigenvalue weighted by Gasteiger charge is 2.72. The van der Waals surface area contributed by atoms with Gasteiger partial charge in [-0.2, -0.15) is 0 Å². The number of carbonyl (C=O) groups is 3. The molecule has 0 radical (unpaired) electrons. The van der Waals surface area contributed by atoms with Gasteiger partial charge in [0.2, 0.25) is 0 Å². The molecule has 0 aliphatic heterocycles. The summed E-state index contributed by atoms with van der Waals surface area (Å²) in [6.45, 7) is 7.72. The molecule has 8 atom stereocenters. The molecule has 0 aromatic rings. The molecule has 0 aromatic carbocycles. The van der Waals surface area contributed by atoms with E-state index in [1.165, 1.54) is 0 Å². The Bertz CT molecular complexity index is 919. The molecule has 5 nitrogen and oxygen atoms in total. The van der Waals surface area contributed by atoms with Gasteiger partial charge in [-0.1, -0.05) is 45.9 Å². The van der Waals surface area contributed by atoms with E-state index in [0.29, 0.717) is 12.8 Å². The van der Waals surface area contributed by atoms with Crippen molar-refractivity contribution in [1.29, 1.82) is 0 Å². The second kappa shape index (κ2) is 7.41. The van der Waals surface area contributed by atoms with E-state index in [2.05, 4.69) is 13.0 Å². The first-order valence-electron chi connectivity index (χ1n) is 11.2. The fourth-order valence-electron chi connectivity index (χ4n) is 7.32. The standard InChI is InChI=1S/C25H31ClO5/c1-5-21(30)31-25(20(29)13-26)14(2)10-18-17-7-6-15-11-16(27)8-9-23(15,3)22(17)19(28)12-24(18,25)4/h6-9,11,14,17-19,22,28H,5,10,12-13H2,1-4H3/t14?,17-,18-,19?,22+,23-,24-,25-/m0/s1. The molecule has 2 unspecified atom stereocenters. The number of ketones is 2. The lowest BCUT2D eigenvalue weighted by Gasteiger charge is -2.58. The quantitative estimate of drug-likeness (QED) is 0.525. The van der Waals surface area contributed by atoms with Crippen molar-refractivity contribution < 1.29 is 24.2 Å². The van der Waals surface area contributed by atoms with Crippen LogP contribution >= 0.6 is 11.6 Å². The second-order valence-electron chi connectivity index (χ2n) is 10.1. The third kappa shape index (κ3) is 2.88. The lowest BCUT2D eigenvalue weighted by Crippen LogP contribution is -2.63. The number of fused-ring (bicyclic) bond motifs is 5. The van der Waals surface area contributed by atoms with Gasteiger partial charge in [0.25, 0.3) is 0 Å². The molecule has 6 heteroatoms. The molecule has 2 saturated carbocycles. The van der Waals surface area contributed by atoms with E-state index >= 15 is 0 Å². The minimum absolute atomic E-state index is 0.0125. The first-order valence-corrected chi connectivity index (χ1v) is 11.7. The fourth-order valence-corrected chi connectivity index (χ4v) is 7.52. The van der Waals surface area contributed by atoms with E-state index in [0.717, 1.165) is 5.57 Å². The highest BCUT2D eigenvalue weighted by molar-refractivity contribution is 6.29. The third-order valence-electron chi connectivity index (χ3n) is 8.70. The van der Waals surface area contributed by atoms with Crippen molar-refractivity contribution in [3.8, 4) is 0 Å². The van der Waals surface area contributed by atoms with E-state index in [-0.39, 0.29) is 47.5 Å². The van der Waals surface area contributed by atoms with Crippen molar-refractivity contribution in [3.05, 3.63) is 36.0 Å². The largest absolute Gasteiger partial charge is 0.450 e. The summed E-state index contributed by atoms with van der Waals surface area (Å²) in [5.74, 6) is -1.30. The number of esters is 1. The zero-order valence-electron chi connectivity index (χ0n) is 18.6. The van der Waals surface area contributed by atoms with Crippen LogP contribution in [-0.4, -0.2) is 40.2 Å². The van der Waals surface area contributed by atoms with Crippen LogP contribution < -0.4 is 0 Å². The summed E-state index contributed by atoms with van der Waals surface area (Å²) >= 11 is 6.04. The van der Waals surface area contributed by atoms with Gasteiger partial charge in [0, 0.05) is 29.1 Å². The first kappa shape index (κ1) is 22.5. The van der Waals surface area contributed by atoms with Crippen LogP contribution in [0.15, 0.2) is 36.0 Å². The minimum Gasteiger partial charge on any atom is -0.450 e. The van der Waals surface area contributed by atoms with Crippen molar-refractivity contribution in [2.75, 3.05) is 5.88 Å². The average molecular weight is 447 g/mol. The highest BCUT2D eigenvalue weighted by atomic mass is 35.5. The topological polar surface area (TPSA) is 80.7 Å². The molecule has 31 heavy (non-hydrogen) atoms. The van der Waals surface area contributed by atoms with E-state index in [1.807, 2.05) is 26.0 Å². The number of aliphatic hydroxyl groups is 1. The van der Waals surface area contributed by atoms with Crippen molar-refractivity contribution >= 4 is 29.1 Å². The molecule has 0 spiro atoms. The molecule has 0 amide bonds. The van der Waals surface area contributed by atoms with E-state index < -0.39 is 28.5 Å². The summed E-state index contributed by atoms with van der Waals surface area (Å²) in [6.07, 6.45) is 9.72. The number of allylic oxidation sites excluding steroid dienone is 6. The van der Waals surface area contributed by atoms with Crippen LogP contribution in [0.4, 0.5) is 0 Å². The van der Waals surface area contributed by atoms with Crippen molar-refractivity contribution in [1.82, 2.24) is 0 Å². The van der Waals surface area contributed by atoms with E-state index in [1.54, 1.807) is 19.1 Å². The Balaban J connectivity index is 1.84. The second-order valence-corrected chi connectivity index (χ2v) is 10.4. The Morgan fingerprint density at radius 3 is 2.65 bits per heavy atom. The number of rotatable bonds is 4. The van der Waals surface area contributed by atoms with Crippen LogP contribution in [0.2, 0.25) is 0 Å².